The smallest absolute Gasteiger partial charge is 0.289 e. The molecule has 1 aromatic rings. The van der Waals surface area contributed by atoms with Gasteiger partial charge in [-0.05, 0) is 12.5 Å². The Kier molecular flexibility index (Phi) is 4.07. The molecule has 0 unspecified atom stereocenters. The molecule has 1 fully saturated rings. The summed E-state index contributed by atoms with van der Waals surface area (Å²) >= 11 is 0. The normalized spacial score (nSPS) is 16.1. The molecular formula is C12H17N3O4S. The van der Waals surface area contributed by atoms with E-state index in [4.69, 9.17) is 0 Å². The highest BCUT2D eigenvalue weighted by Crippen LogP contribution is 2.31. The molecule has 1 aliphatic rings. The predicted octanol–water partition coefficient (Wildman–Crippen LogP) is 0.886. The first kappa shape index (κ1) is 14.9. The van der Waals surface area contributed by atoms with Crippen molar-refractivity contribution in [2.45, 2.75) is 24.8 Å². The minimum Gasteiger partial charge on any atom is -0.313 e. The maximum Gasteiger partial charge on any atom is 0.289 e. The monoisotopic (exact) mass is 299 g/mol. The lowest BCUT2D eigenvalue weighted by molar-refractivity contribution is -0.387. The molecule has 1 aliphatic heterocycles. The molecule has 0 bridgehead atoms. The van der Waals surface area contributed by atoms with Crippen LogP contribution in [0.1, 0.15) is 12.5 Å². The zero-order valence-corrected chi connectivity index (χ0v) is 12.2. The molecule has 1 N–H and O–H groups in total. The van der Waals surface area contributed by atoms with E-state index in [2.05, 4.69) is 5.32 Å². The van der Waals surface area contributed by atoms with E-state index in [0.29, 0.717) is 25.2 Å². The van der Waals surface area contributed by atoms with Gasteiger partial charge >= 0.3 is 0 Å². The van der Waals surface area contributed by atoms with Crippen molar-refractivity contribution < 1.29 is 13.3 Å². The Morgan fingerprint density at radius 3 is 2.55 bits per heavy atom. The van der Waals surface area contributed by atoms with E-state index < -0.39 is 14.9 Å². The molecule has 0 radical (unpaired) electrons. The fourth-order valence-corrected chi connectivity index (χ4v) is 4.33. The highest BCUT2D eigenvalue weighted by Gasteiger charge is 2.38. The molecule has 0 aliphatic carbocycles. The molecule has 110 valence electrons. The van der Waals surface area contributed by atoms with Crippen molar-refractivity contribution in [3.63, 3.8) is 0 Å². The SMILES string of the molecule is CCN(C1CNC1)S(=O)(=O)c1c(C)cccc1[N+](=O)[O-]. The Hall–Kier alpha value is -1.51. The molecule has 1 heterocycles. The largest absolute Gasteiger partial charge is 0.313 e. The summed E-state index contributed by atoms with van der Waals surface area (Å²) in [6.45, 7) is 4.76. The van der Waals surface area contributed by atoms with Crippen LogP contribution in [-0.4, -0.2) is 43.3 Å². The molecule has 0 amide bonds. The molecule has 0 saturated carbocycles. The average Bonchev–Trinajstić information content (AvgIpc) is 2.32. The number of likely N-dealkylation sites (N-methyl/N-ethyl adjacent to an activating group) is 1. The lowest BCUT2D eigenvalue weighted by Gasteiger charge is -2.36. The van der Waals surface area contributed by atoms with Crippen LogP contribution >= 0.6 is 0 Å². The highest BCUT2D eigenvalue weighted by atomic mass is 32.2. The maximum atomic E-state index is 12.7. The topological polar surface area (TPSA) is 92.6 Å². The first-order valence-corrected chi connectivity index (χ1v) is 7.80. The van der Waals surface area contributed by atoms with Gasteiger partial charge in [-0.3, -0.25) is 10.1 Å². The van der Waals surface area contributed by atoms with Crippen molar-refractivity contribution in [2.24, 2.45) is 0 Å². The van der Waals surface area contributed by atoms with Gasteiger partial charge in [-0.25, -0.2) is 8.42 Å². The summed E-state index contributed by atoms with van der Waals surface area (Å²) in [5.41, 5.74) is 0.0284. The van der Waals surface area contributed by atoms with Crippen molar-refractivity contribution in [3.05, 3.63) is 33.9 Å². The van der Waals surface area contributed by atoms with E-state index >= 15 is 0 Å². The Balaban J connectivity index is 2.56. The van der Waals surface area contributed by atoms with E-state index in [9.17, 15) is 18.5 Å². The van der Waals surface area contributed by atoms with E-state index in [1.165, 1.54) is 16.4 Å². The molecule has 1 aromatic carbocycles. The molecule has 0 atom stereocenters. The van der Waals surface area contributed by atoms with Gasteiger partial charge in [0.2, 0.25) is 0 Å². The Labute approximate surface area is 117 Å². The summed E-state index contributed by atoms with van der Waals surface area (Å²) in [5, 5.41) is 14.1. The summed E-state index contributed by atoms with van der Waals surface area (Å²) in [7, 11) is -3.87. The molecule has 0 spiro atoms. The van der Waals surface area contributed by atoms with Crippen molar-refractivity contribution in [3.8, 4) is 0 Å². The van der Waals surface area contributed by atoms with Gasteiger partial charge in [0.15, 0.2) is 4.90 Å². The van der Waals surface area contributed by atoms with Gasteiger partial charge in [0.25, 0.3) is 15.7 Å². The minimum absolute atomic E-state index is 0.135. The van der Waals surface area contributed by atoms with Crippen LogP contribution in [0.15, 0.2) is 23.1 Å². The van der Waals surface area contributed by atoms with Gasteiger partial charge in [-0.2, -0.15) is 4.31 Å². The van der Waals surface area contributed by atoms with Crippen LogP contribution < -0.4 is 5.32 Å². The van der Waals surface area contributed by atoms with Crippen LogP contribution in [0.5, 0.6) is 0 Å². The van der Waals surface area contributed by atoms with Gasteiger partial charge in [-0.1, -0.05) is 19.1 Å². The Morgan fingerprint density at radius 1 is 1.45 bits per heavy atom. The summed E-state index contributed by atoms with van der Waals surface area (Å²) in [6, 6.07) is 4.16. The number of sulfonamides is 1. The number of nitrogens with one attached hydrogen (secondary N) is 1. The van der Waals surface area contributed by atoms with E-state index in [1.54, 1.807) is 19.9 Å². The summed E-state index contributed by atoms with van der Waals surface area (Å²) in [5.74, 6) is 0. The number of nitrogens with zero attached hydrogens (tertiary/aromatic N) is 2. The summed E-state index contributed by atoms with van der Waals surface area (Å²) < 4.78 is 26.8. The first-order chi connectivity index (χ1) is 9.39. The highest BCUT2D eigenvalue weighted by molar-refractivity contribution is 7.89. The number of hydrogen-bond acceptors (Lipinski definition) is 5. The average molecular weight is 299 g/mol. The number of rotatable bonds is 5. The molecule has 0 aromatic heterocycles. The van der Waals surface area contributed by atoms with Crippen molar-refractivity contribution >= 4 is 15.7 Å². The van der Waals surface area contributed by atoms with Crippen molar-refractivity contribution in [1.82, 2.24) is 9.62 Å². The summed E-state index contributed by atoms with van der Waals surface area (Å²) in [6.07, 6.45) is 0. The second kappa shape index (κ2) is 5.47. The minimum atomic E-state index is -3.87. The fourth-order valence-electron chi connectivity index (χ4n) is 2.34. The predicted molar refractivity (Wildman–Crippen MR) is 74.1 cm³/mol. The third-order valence-corrected chi connectivity index (χ3v) is 5.65. The molecule has 7 nitrogen and oxygen atoms in total. The number of hydrogen-bond donors (Lipinski definition) is 1. The quantitative estimate of drug-likeness (QED) is 0.643. The number of aryl methyl sites for hydroxylation is 1. The van der Waals surface area contributed by atoms with Crippen molar-refractivity contribution in [1.29, 1.82) is 0 Å². The van der Waals surface area contributed by atoms with Crippen molar-refractivity contribution in [2.75, 3.05) is 19.6 Å². The van der Waals surface area contributed by atoms with Crippen LogP contribution in [0, 0.1) is 17.0 Å². The molecule has 1 saturated heterocycles. The zero-order valence-electron chi connectivity index (χ0n) is 11.4. The van der Waals surface area contributed by atoms with E-state index in [0.717, 1.165) is 0 Å². The Bertz CT molecular complexity index is 626. The standard InChI is InChI=1S/C12H17N3O4S/c1-3-14(10-7-13-8-10)20(18,19)12-9(2)5-4-6-11(12)15(16)17/h4-6,10,13H,3,7-8H2,1-2H3. The second-order valence-electron chi connectivity index (χ2n) is 4.70. The van der Waals surface area contributed by atoms with Gasteiger partial charge in [0.1, 0.15) is 0 Å². The third-order valence-electron chi connectivity index (χ3n) is 3.43. The van der Waals surface area contributed by atoms with Gasteiger partial charge in [0, 0.05) is 25.7 Å². The maximum absolute atomic E-state index is 12.7. The van der Waals surface area contributed by atoms with Crippen LogP contribution in [0.25, 0.3) is 0 Å². The van der Waals surface area contributed by atoms with Crippen LogP contribution in [-0.2, 0) is 10.0 Å². The fraction of sp³-hybridized carbons (Fsp3) is 0.500. The van der Waals surface area contributed by atoms with Gasteiger partial charge in [-0.15, -0.1) is 0 Å². The van der Waals surface area contributed by atoms with Crippen LogP contribution in [0.4, 0.5) is 5.69 Å². The Morgan fingerprint density at radius 2 is 2.10 bits per heavy atom. The lowest BCUT2D eigenvalue weighted by Crippen LogP contribution is -2.58. The van der Waals surface area contributed by atoms with Crippen LogP contribution in [0.3, 0.4) is 0 Å². The van der Waals surface area contributed by atoms with Crippen LogP contribution in [0.2, 0.25) is 0 Å². The third kappa shape index (κ3) is 2.41. The lowest BCUT2D eigenvalue weighted by atomic mass is 10.2. The summed E-state index contributed by atoms with van der Waals surface area (Å²) in [4.78, 5) is 10.3. The molecular weight excluding hydrogens is 282 g/mol. The molecule has 2 rings (SSSR count). The van der Waals surface area contributed by atoms with Gasteiger partial charge < -0.3 is 5.32 Å². The molecule has 8 heteroatoms. The van der Waals surface area contributed by atoms with E-state index in [-0.39, 0.29) is 16.6 Å². The van der Waals surface area contributed by atoms with Gasteiger partial charge in [0.05, 0.1) is 11.0 Å². The number of benzene rings is 1. The van der Waals surface area contributed by atoms with E-state index in [1.807, 2.05) is 0 Å². The number of nitro benzene ring substituents is 1. The number of nitro groups is 1. The molecule has 20 heavy (non-hydrogen) atoms. The first-order valence-electron chi connectivity index (χ1n) is 6.36. The zero-order chi connectivity index (χ0) is 14.9. The second-order valence-corrected chi connectivity index (χ2v) is 6.53.